The van der Waals surface area contributed by atoms with Crippen LogP contribution in [-0.2, 0) is 6.54 Å². The Labute approximate surface area is 122 Å². The summed E-state index contributed by atoms with van der Waals surface area (Å²) in [6, 6.07) is 5.80. The molecule has 2 N–H and O–H groups in total. The van der Waals surface area contributed by atoms with Gasteiger partial charge in [0.1, 0.15) is 5.69 Å². The Morgan fingerprint density at radius 2 is 1.86 bits per heavy atom. The molecule has 0 saturated carbocycles. The van der Waals surface area contributed by atoms with Crippen LogP contribution in [0, 0.1) is 21.7 Å². The van der Waals surface area contributed by atoms with E-state index in [-0.39, 0.29) is 28.5 Å². The average Bonchev–Trinajstić information content (AvgIpc) is 2.42. The topological polar surface area (TPSA) is 75.4 Å². The van der Waals surface area contributed by atoms with Gasteiger partial charge in [-0.2, -0.15) is 0 Å². The summed E-state index contributed by atoms with van der Waals surface area (Å²) in [6.07, 6.45) is 0. The first kappa shape index (κ1) is 15.0. The van der Waals surface area contributed by atoms with Crippen molar-refractivity contribution >= 4 is 23.0 Å². The lowest BCUT2D eigenvalue weighted by molar-refractivity contribution is -0.384. The second-order valence-electron chi connectivity index (χ2n) is 4.18. The van der Waals surface area contributed by atoms with Crippen LogP contribution in [0.2, 0.25) is 5.02 Å². The molecule has 8 heteroatoms. The van der Waals surface area contributed by atoms with E-state index in [0.29, 0.717) is 0 Å². The summed E-state index contributed by atoms with van der Waals surface area (Å²) in [7, 11) is 0. The van der Waals surface area contributed by atoms with E-state index in [0.717, 1.165) is 12.1 Å². The van der Waals surface area contributed by atoms with E-state index in [9.17, 15) is 18.9 Å². The zero-order chi connectivity index (χ0) is 15.6. The van der Waals surface area contributed by atoms with Crippen molar-refractivity contribution in [2.75, 3.05) is 5.32 Å². The van der Waals surface area contributed by atoms with E-state index < -0.39 is 22.3 Å². The number of rotatable bonds is 4. The lowest BCUT2D eigenvalue weighted by Crippen LogP contribution is -2.03. The van der Waals surface area contributed by atoms with E-state index in [1.807, 2.05) is 0 Å². The number of hydrogen-bond donors (Lipinski definition) is 2. The normalized spacial score (nSPS) is 10.4. The first-order valence-corrected chi connectivity index (χ1v) is 6.11. The second kappa shape index (κ2) is 5.92. The maximum absolute atomic E-state index is 13.2. The third kappa shape index (κ3) is 3.38. The van der Waals surface area contributed by atoms with Gasteiger partial charge in [0.15, 0.2) is 17.4 Å². The summed E-state index contributed by atoms with van der Waals surface area (Å²) in [5, 5.41) is 22.8. The number of nitro groups is 1. The van der Waals surface area contributed by atoms with Crippen LogP contribution >= 0.6 is 11.6 Å². The van der Waals surface area contributed by atoms with Crippen LogP contribution in [0.25, 0.3) is 0 Å². The molecular weight excluding hydrogens is 306 g/mol. The molecule has 0 unspecified atom stereocenters. The van der Waals surface area contributed by atoms with Gasteiger partial charge in [-0.3, -0.25) is 10.1 Å². The van der Waals surface area contributed by atoms with E-state index in [2.05, 4.69) is 5.32 Å². The van der Waals surface area contributed by atoms with Crippen LogP contribution in [0.3, 0.4) is 0 Å². The van der Waals surface area contributed by atoms with Crippen LogP contribution in [0.15, 0.2) is 30.3 Å². The number of nitro benzene ring substituents is 1. The van der Waals surface area contributed by atoms with Crippen molar-refractivity contribution in [2.24, 2.45) is 0 Å². The predicted octanol–water partition coefficient (Wildman–Crippen LogP) is 3.84. The van der Waals surface area contributed by atoms with Gasteiger partial charge in [0, 0.05) is 17.6 Å². The molecule has 2 aromatic rings. The molecule has 0 spiro atoms. The van der Waals surface area contributed by atoms with Crippen LogP contribution in [0.4, 0.5) is 20.2 Å². The van der Waals surface area contributed by atoms with Gasteiger partial charge in [0.25, 0.3) is 5.69 Å². The van der Waals surface area contributed by atoms with Gasteiger partial charge >= 0.3 is 0 Å². The standard InChI is InChI=1S/C13H9ClF2N2O3/c14-8-1-2-12(18(20)21)11(5-8)17-6-7-3-9(15)13(19)10(16)4-7/h1-5,17,19H,6H2. The molecule has 2 rings (SSSR count). The van der Waals surface area contributed by atoms with Crippen molar-refractivity contribution < 1.29 is 18.8 Å². The lowest BCUT2D eigenvalue weighted by Gasteiger charge is -2.08. The third-order valence-electron chi connectivity index (χ3n) is 2.71. The maximum Gasteiger partial charge on any atom is 0.292 e. The molecule has 0 saturated heterocycles. The molecule has 5 nitrogen and oxygen atoms in total. The number of phenolic OH excluding ortho intramolecular Hbond substituents is 1. The Morgan fingerprint density at radius 1 is 1.24 bits per heavy atom. The SMILES string of the molecule is O=[N+]([O-])c1ccc(Cl)cc1NCc1cc(F)c(O)c(F)c1. The minimum atomic E-state index is -1.10. The maximum atomic E-state index is 13.2. The molecule has 0 aliphatic rings. The monoisotopic (exact) mass is 314 g/mol. The first-order valence-electron chi connectivity index (χ1n) is 5.73. The van der Waals surface area contributed by atoms with Gasteiger partial charge in [-0.05, 0) is 29.8 Å². The van der Waals surface area contributed by atoms with Crippen molar-refractivity contribution in [1.29, 1.82) is 0 Å². The second-order valence-corrected chi connectivity index (χ2v) is 4.62. The summed E-state index contributed by atoms with van der Waals surface area (Å²) in [5.74, 6) is -3.27. The molecule has 0 bridgehead atoms. The predicted molar refractivity (Wildman–Crippen MR) is 73.5 cm³/mol. The van der Waals surface area contributed by atoms with Crippen molar-refractivity contribution in [3.05, 3.63) is 62.7 Å². The molecule has 0 atom stereocenters. The van der Waals surface area contributed by atoms with Crippen LogP contribution in [0.5, 0.6) is 5.75 Å². The highest BCUT2D eigenvalue weighted by atomic mass is 35.5. The van der Waals surface area contributed by atoms with Gasteiger partial charge in [-0.1, -0.05) is 11.6 Å². The van der Waals surface area contributed by atoms with Gasteiger partial charge in [-0.25, -0.2) is 8.78 Å². The Hall–Kier alpha value is -2.41. The molecule has 21 heavy (non-hydrogen) atoms. The third-order valence-corrected chi connectivity index (χ3v) is 2.95. The van der Waals surface area contributed by atoms with Crippen LogP contribution in [-0.4, -0.2) is 10.0 Å². The van der Waals surface area contributed by atoms with Gasteiger partial charge in [0.2, 0.25) is 0 Å². The van der Waals surface area contributed by atoms with E-state index in [1.165, 1.54) is 18.2 Å². The number of nitrogens with one attached hydrogen (secondary N) is 1. The molecular formula is C13H9ClF2N2O3. The number of phenols is 1. The van der Waals surface area contributed by atoms with Gasteiger partial charge < -0.3 is 10.4 Å². The average molecular weight is 315 g/mol. The lowest BCUT2D eigenvalue weighted by atomic mass is 10.2. The molecule has 0 aromatic heterocycles. The molecule has 0 aliphatic heterocycles. The Bertz CT molecular complexity index is 687. The quantitative estimate of drug-likeness (QED) is 0.664. The number of halogens is 3. The van der Waals surface area contributed by atoms with Crippen molar-refractivity contribution in [1.82, 2.24) is 0 Å². The number of nitrogens with zero attached hydrogens (tertiary/aromatic N) is 1. The summed E-state index contributed by atoms with van der Waals surface area (Å²) in [6.45, 7) is -0.0741. The zero-order valence-corrected chi connectivity index (χ0v) is 11.2. The first-order chi connectivity index (χ1) is 9.88. The van der Waals surface area contributed by atoms with Crippen molar-refractivity contribution in [3.63, 3.8) is 0 Å². The van der Waals surface area contributed by atoms with Crippen LogP contribution < -0.4 is 5.32 Å². The fourth-order valence-corrected chi connectivity index (χ4v) is 1.90. The highest BCUT2D eigenvalue weighted by Crippen LogP contribution is 2.28. The number of aromatic hydroxyl groups is 1. The minimum Gasteiger partial charge on any atom is -0.503 e. The highest BCUT2D eigenvalue weighted by Gasteiger charge is 2.15. The summed E-state index contributed by atoms with van der Waals surface area (Å²) in [4.78, 5) is 10.3. The Kier molecular flexibility index (Phi) is 4.23. The molecule has 2 aromatic carbocycles. The van der Waals surface area contributed by atoms with Gasteiger partial charge in [-0.15, -0.1) is 0 Å². The number of benzene rings is 2. The summed E-state index contributed by atoms with van der Waals surface area (Å²) < 4.78 is 26.4. The molecule has 0 amide bonds. The fourth-order valence-electron chi connectivity index (χ4n) is 1.73. The Balaban J connectivity index is 2.24. The summed E-state index contributed by atoms with van der Waals surface area (Å²) >= 11 is 5.76. The van der Waals surface area contributed by atoms with E-state index in [4.69, 9.17) is 16.7 Å². The molecule has 0 heterocycles. The molecule has 0 fully saturated rings. The molecule has 0 radical (unpaired) electrons. The number of hydrogen-bond acceptors (Lipinski definition) is 4. The van der Waals surface area contributed by atoms with E-state index in [1.54, 1.807) is 0 Å². The highest BCUT2D eigenvalue weighted by molar-refractivity contribution is 6.31. The van der Waals surface area contributed by atoms with Crippen molar-refractivity contribution in [3.8, 4) is 5.75 Å². The largest absolute Gasteiger partial charge is 0.503 e. The zero-order valence-electron chi connectivity index (χ0n) is 10.4. The summed E-state index contributed by atoms with van der Waals surface area (Å²) in [5.41, 5.74) is 0.0950. The van der Waals surface area contributed by atoms with Crippen molar-refractivity contribution in [2.45, 2.75) is 6.54 Å². The molecule has 110 valence electrons. The van der Waals surface area contributed by atoms with E-state index >= 15 is 0 Å². The fraction of sp³-hybridized carbons (Fsp3) is 0.0769. The van der Waals surface area contributed by atoms with Gasteiger partial charge in [0.05, 0.1) is 4.92 Å². The smallest absolute Gasteiger partial charge is 0.292 e. The Morgan fingerprint density at radius 3 is 2.43 bits per heavy atom. The van der Waals surface area contributed by atoms with Crippen LogP contribution in [0.1, 0.15) is 5.56 Å². The molecule has 0 aliphatic carbocycles. The minimum absolute atomic E-state index is 0.0741. The number of anilines is 1.